The first-order chi connectivity index (χ1) is 14.3. The molecule has 1 aliphatic rings. The lowest BCUT2D eigenvalue weighted by atomic mass is 9.99. The minimum Gasteiger partial charge on any atom is -0.379 e. The van der Waals surface area contributed by atoms with E-state index in [0.717, 1.165) is 21.6 Å². The van der Waals surface area contributed by atoms with Gasteiger partial charge in [-0.2, -0.15) is 0 Å². The Balaban J connectivity index is 1.94. The molecule has 3 rings (SSSR count). The van der Waals surface area contributed by atoms with Crippen LogP contribution >= 0.6 is 23.4 Å². The van der Waals surface area contributed by atoms with Crippen molar-refractivity contribution < 1.29 is 14.3 Å². The number of carbonyl (C=O) groups excluding carboxylic acids is 2. The van der Waals surface area contributed by atoms with E-state index in [4.69, 9.17) is 16.3 Å². The summed E-state index contributed by atoms with van der Waals surface area (Å²) in [4.78, 5) is 29.2. The highest BCUT2D eigenvalue weighted by Crippen LogP contribution is 2.40. The van der Waals surface area contributed by atoms with Gasteiger partial charge in [-0.25, -0.2) is 0 Å². The molecule has 2 aromatic rings. The zero-order chi connectivity index (χ0) is 21.8. The van der Waals surface area contributed by atoms with E-state index in [1.165, 1.54) is 16.7 Å². The first-order valence-electron chi connectivity index (χ1n) is 10.0. The third kappa shape index (κ3) is 5.15. The maximum atomic E-state index is 13.3. The molecule has 0 radical (unpaired) electrons. The fourth-order valence-electron chi connectivity index (χ4n) is 3.35. The summed E-state index contributed by atoms with van der Waals surface area (Å²) in [5.74, 6) is -0.493. The number of ether oxygens (including phenoxy) is 1. The van der Waals surface area contributed by atoms with Crippen LogP contribution in [0.25, 0.3) is 5.57 Å². The van der Waals surface area contributed by atoms with Crippen LogP contribution in [-0.2, 0) is 14.3 Å². The van der Waals surface area contributed by atoms with E-state index < -0.39 is 0 Å². The number of benzene rings is 2. The molecule has 1 aliphatic heterocycles. The molecule has 1 heterocycles. The monoisotopic (exact) mass is 443 g/mol. The molecule has 0 spiro atoms. The average molecular weight is 444 g/mol. The second kappa shape index (κ2) is 9.82. The van der Waals surface area contributed by atoms with E-state index in [2.05, 4.69) is 0 Å². The van der Waals surface area contributed by atoms with Gasteiger partial charge in [-0.15, -0.1) is 0 Å². The van der Waals surface area contributed by atoms with Gasteiger partial charge in [0.2, 0.25) is 0 Å². The van der Waals surface area contributed by atoms with Crippen LogP contribution in [0.3, 0.4) is 0 Å². The normalized spacial score (nSPS) is 14.4. The first-order valence-corrected chi connectivity index (χ1v) is 11.2. The van der Waals surface area contributed by atoms with Crippen molar-refractivity contribution in [3.63, 3.8) is 0 Å². The Morgan fingerprint density at radius 3 is 2.37 bits per heavy atom. The predicted octanol–water partition coefficient (Wildman–Crippen LogP) is 5.64. The number of carbonyl (C=O) groups is 2. The molecule has 0 atom stereocenters. The van der Waals surface area contributed by atoms with Crippen molar-refractivity contribution in [1.82, 2.24) is 4.90 Å². The van der Waals surface area contributed by atoms with Gasteiger partial charge >= 0.3 is 0 Å². The molecule has 0 saturated heterocycles. The van der Waals surface area contributed by atoms with Gasteiger partial charge in [-0.05, 0) is 69.5 Å². The molecule has 0 aliphatic carbocycles. The number of thioether (sulfide) groups is 1. The molecule has 0 saturated carbocycles. The highest BCUT2D eigenvalue weighted by atomic mass is 35.5. The molecule has 6 heteroatoms. The molecule has 30 heavy (non-hydrogen) atoms. The third-order valence-corrected chi connectivity index (χ3v) is 6.13. The summed E-state index contributed by atoms with van der Waals surface area (Å²) in [6.45, 7) is 8.75. The van der Waals surface area contributed by atoms with E-state index >= 15 is 0 Å². The molecule has 0 aromatic heterocycles. The summed E-state index contributed by atoms with van der Waals surface area (Å²) < 4.78 is 5.57. The summed E-state index contributed by atoms with van der Waals surface area (Å²) in [5.41, 5.74) is 3.37. The maximum absolute atomic E-state index is 13.3. The topological polar surface area (TPSA) is 46.6 Å². The number of aryl methyl sites for hydroxylation is 2. The molecule has 2 amide bonds. The molecular formula is C24H26ClNO3S. The number of hydrogen-bond donors (Lipinski definition) is 0. The fourth-order valence-corrected chi connectivity index (χ4v) is 4.48. The van der Waals surface area contributed by atoms with Gasteiger partial charge in [0.05, 0.1) is 16.6 Å². The van der Waals surface area contributed by atoms with E-state index in [-0.39, 0.29) is 17.9 Å². The van der Waals surface area contributed by atoms with E-state index in [9.17, 15) is 9.59 Å². The van der Waals surface area contributed by atoms with Crippen LogP contribution in [0.15, 0.2) is 52.3 Å². The summed E-state index contributed by atoms with van der Waals surface area (Å²) >= 11 is 7.31. The minimum absolute atomic E-state index is 0.120. The summed E-state index contributed by atoms with van der Waals surface area (Å²) in [6.07, 6.45) is 0.726. The molecule has 2 aromatic carbocycles. The lowest BCUT2D eigenvalue weighted by Gasteiger charge is -2.16. The van der Waals surface area contributed by atoms with Gasteiger partial charge in [-0.3, -0.25) is 14.5 Å². The molecule has 0 unspecified atom stereocenters. The van der Waals surface area contributed by atoms with Crippen LogP contribution < -0.4 is 0 Å². The standard InChI is InChI=1S/C24H26ClNO3S/c1-15(2)29-13-5-12-26-23(27)21(20-11-6-16(3)14-17(20)4)22(24(26)28)30-19-9-7-18(25)8-10-19/h6-11,14-15H,5,12-13H2,1-4H3. The number of halogens is 1. The van der Waals surface area contributed by atoms with Crippen LogP contribution in [0, 0.1) is 13.8 Å². The lowest BCUT2D eigenvalue weighted by molar-refractivity contribution is -0.136. The zero-order valence-corrected chi connectivity index (χ0v) is 19.3. The van der Waals surface area contributed by atoms with E-state index in [1.807, 2.05) is 58.0 Å². The van der Waals surface area contributed by atoms with Gasteiger partial charge in [0.25, 0.3) is 11.8 Å². The Bertz CT molecular complexity index is 982. The number of hydrogen-bond acceptors (Lipinski definition) is 4. The van der Waals surface area contributed by atoms with Crippen LogP contribution in [0.4, 0.5) is 0 Å². The van der Waals surface area contributed by atoms with Gasteiger partial charge in [0, 0.05) is 23.1 Å². The SMILES string of the molecule is Cc1ccc(C2=C(Sc3ccc(Cl)cc3)C(=O)N(CCCOC(C)C)C2=O)c(C)c1. The van der Waals surface area contributed by atoms with Crippen molar-refractivity contribution in [3.05, 3.63) is 69.1 Å². The van der Waals surface area contributed by atoms with Gasteiger partial charge < -0.3 is 4.74 Å². The Morgan fingerprint density at radius 2 is 1.73 bits per heavy atom. The van der Waals surface area contributed by atoms with Gasteiger partial charge in [-0.1, -0.05) is 47.1 Å². The Morgan fingerprint density at radius 1 is 1.03 bits per heavy atom. The lowest BCUT2D eigenvalue weighted by Crippen LogP contribution is -2.33. The maximum Gasteiger partial charge on any atom is 0.268 e. The zero-order valence-electron chi connectivity index (χ0n) is 17.7. The molecular weight excluding hydrogens is 418 g/mol. The number of rotatable bonds is 8. The second-order valence-electron chi connectivity index (χ2n) is 7.61. The molecule has 0 N–H and O–H groups in total. The van der Waals surface area contributed by atoms with Crippen molar-refractivity contribution in [3.8, 4) is 0 Å². The minimum atomic E-state index is -0.250. The Labute approximate surface area is 187 Å². The number of imide groups is 1. The van der Waals surface area contributed by atoms with E-state index in [0.29, 0.717) is 35.1 Å². The molecule has 0 bridgehead atoms. The van der Waals surface area contributed by atoms with Gasteiger partial charge in [0.1, 0.15) is 0 Å². The highest BCUT2D eigenvalue weighted by Gasteiger charge is 2.39. The van der Waals surface area contributed by atoms with Crippen molar-refractivity contribution in [1.29, 1.82) is 0 Å². The van der Waals surface area contributed by atoms with Crippen LogP contribution in [0.1, 0.15) is 37.0 Å². The summed E-state index contributed by atoms with van der Waals surface area (Å²) in [7, 11) is 0. The molecule has 0 fully saturated rings. The first kappa shape index (κ1) is 22.6. The molecule has 4 nitrogen and oxygen atoms in total. The summed E-state index contributed by atoms with van der Waals surface area (Å²) in [6, 6.07) is 13.2. The van der Waals surface area contributed by atoms with Crippen molar-refractivity contribution >= 4 is 40.8 Å². The predicted molar refractivity (Wildman–Crippen MR) is 123 cm³/mol. The highest BCUT2D eigenvalue weighted by molar-refractivity contribution is 8.04. The fraction of sp³-hybridized carbons (Fsp3) is 0.333. The average Bonchev–Trinajstić information content (AvgIpc) is 2.91. The van der Waals surface area contributed by atoms with Gasteiger partial charge in [0.15, 0.2) is 0 Å². The van der Waals surface area contributed by atoms with Crippen molar-refractivity contribution in [2.24, 2.45) is 0 Å². The summed E-state index contributed by atoms with van der Waals surface area (Å²) in [5, 5.41) is 0.628. The largest absolute Gasteiger partial charge is 0.379 e. The van der Waals surface area contributed by atoms with Crippen LogP contribution in [-0.4, -0.2) is 36.0 Å². The smallest absolute Gasteiger partial charge is 0.268 e. The number of amides is 2. The Kier molecular flexibility index (Phi) is 7.40. The Hall–Kier alpha value is -2.08. The molecule has 158 valence electrons. The van der Waals surface area contributed by atoms with Crippen molar-refractivity contribution in [2.45, 2.75) is 45.1 Å². The van der Waals surface area contributed by atoms with Crippen molar-refractivity contribution in [2.75, 3.05) is 13.2 Å². The number of nitrogens with zero attached hydrogens (tertiary/aromatic N) is 1. The third-order valence-electron chi connectivity index (χ3n) is 4.79. The quantitative estimate of drug-likeness (QED) is 0.391. The van der Waals surface area contributed by atoms with Crippen LogP contribution in [0.5, 0.6) is 0 Å². The van der Waals surface area contributed by atoms with Crippen LogP contribution in [0.2, 0.25) is 5.02 Å². The van der Waals surface area contributed by atoms with E-state index in [1.54, 1.807) is 12.1 Å². The second-order valence-corrected chi connectivity index (χ2v) is 9.13.